The van der Waals surface area contributed by atoms with E-state index in [4.69, 9.17) is 0 Å². The average Bonchev–Trinajstić information content (AvgIpc) is 3.31. The third-order valence-corrected chi connectivity index (χ3v) is 8.16. The summed E-state index contributed by atoms with van der Waals surface area (Å²) < 4.78 is 29.2. The summed E-state index contributed by atoms with van der Waals surface area (Å²) in [7, 11) is -3.75. The Kier molecular flexibility index (Phi) is 5.44. The monoisotopic (exact) mass is 474 g/mol. The Bertz CT molecular complexity index is 1410. The fourth-order valence-corrected chi connectivity index (χ4v) is 6.11. The number of carbonyl (C=O) groups is 1. The second-order valence-corrected chi connectivity index (χ2v) is 10.8. The van der Waals surface area contributed by atoms with Gasteiger partial charge in [0.15, 0.2) is 0 Å². The molecule has 7 heteroatoms. The molecule has 0 bridgehead atoms. The summed E-state index contributed by atoms with van der Waals surface area (Å²) in [6.45, 7) is 3.81. The van der Waals surface area contributed by atoms with Crippen LogP contribution in [0.4, 0.5) is 11.4 Å². The Morgan fingerprint density at radius 1 is 1.03 bits per heavy atom. The van der Waals surface area contributed by atoms with Crippen molar-refractivity contribution < 1.29 is 18.3 Å². The Morgan fingerprint density at radius 3 is 2.53 bits per heavy atom. The number of carboxylic acid groups (broad SMARTS) is 1. The molecule has 6 nitrogen and oxygen atoms in total. The second kappa shape index (κ2) is 8.33. The molecule has 0 saturated carbocycles. The van der Waals surface area contributed by atoms with E-state index in [1.54, 1.807) is 24.3 Å². The maximum Gasteiger partial charge on any atom is 0.335 e. The first-order chi connectivity index (χ1) is 16.2. The lowest BCUT2D eigenvalue weighted by Crippen LogP contribution is -2.29. The summed E-state index contributed by atoms with van der Waals surface area (Å²) in [6, 6.07) is 17.9. The molecule has 5 rings (SSSR count). The topological polar surface area (TPSA) is 95.5 Å². The van der Waals surface area contributed by atoms with Gasteiger partial charge in [0, 0.05) is 11.6 Å². The van der Waals surface area contributed by atoms with Gasteiger partial charge in [-0.05, 0) is 84.8 Å². The summed E-state index contributed by atoms with van der Waals surface area (Å²) >= 11 is 0. The fraction of sp³-hybridized carbons (Fsp3) is 0.222. The van der Waals surface area contributed by atoms with Gasteiger partial charge < -0.3 is 10.4 Å². The molecule has 2 aliphatic rings. The first kappa shape index (κ1) is 22.2. The molecule has 1 heterocycles. The standard InChI is InChI=1S/C27H26N2O4S/c1-16-6-7-17(2)25(14-16)29-34(32,33)20-12-13-24-23(15-20)21-4-3-5-22(21)26(28-24)18-8-10-19(11-9-18)27(30)31/h3-4,6-15,21-22,26,28-29H,5H2,1-2H3,(H,30,31)/t21?,22?,26-/m1/s1. The normalized spacial score (nSPS) is 20.8. The highest BCUT2D eigenvalue weighted by Gasteiger charge is 2.38. The highest BCUT2D eigenvalue weighted by molar-refractivity contribution is 7.92. The Labute approximate surface area is 199 Å². The van der Waals surface area contributed by atoms with Gasteiger partial charge in [-0.1, -0.05) is 36.4 Å². The van der Waals surface area contributed by atoms with Crippen LogP contribution in [0.5, 0.6) is 0 Å². The summed E-state index contributed by atoms with van der Waals surface area (Å²) in [6.07, 6.45) is 5.15. The fourth-order valence-electron chi connectivity index (χ4n) is 4.95. The largest absolute Gasteiger partial charge is 0.478 e. The van der Waals surface area contributed by atoms with E-state index in [9.17, 15) is 18.3 Å². The molecule has 3 aromatic carbocycles. The van der Waals surface area contributed by atoms with Crippen molar-refractivity contribution in [3.8, 4) is 0 Å². The first-order valence-electron chi connectivity index (χ1n) is 11.2. The van der Waals surface area contributed by atoms with E-state index in [-0.39, 0.29) is 28.3 Å². The van der Waals surface area contributed by atoms with Crippen LogP contribution in [0, 0.1) is 19.8 Å². The summed E-state index contributed by atoms with van der Waals surface area (Å²) in [5.74, 6) is -0.651. The van der Waals surface area contributed by atoms with Gasteiger partial charge in [-0.3, -0.25) is 4.72 Å². The maximum absolute atomic E-state index is 13.2. The Balaban J connectivity index is 1.47. The maximum atomic E-state index is 13.2. The zero-order valence-corrected chi connectivity index (χ0v) is 19.8. The van der Waals surface area contributed by atoms with Crippen LogP contribution in [0.3, 0.4) is 0 Å². The van der Waals surface area contributed by atoms with Crippen LogP contribution in [0.25, 0.3) is 0 Å². The van der Waals surface area contributed by atoms with Crippen LogP contribution in [-0.2, 0) is 10.0 Å². The lowest BCUT2D eigenvalue weighted by atomic mass is 9.77. The molecule has 0 fully saturated rings. The van der Waals surface area contributed by atoms with Gasteiger partial charge in [-0.25, -0.2) is 13.2 Å². The molecule has 0 amide bonds. The van der Waals surface area contributed by atoms with E-state index in [1.165, 1.54) is 0 Å². The zero-order valence-electron chi connectivity index (χ0n) is 18.9. The molecule has 0 radical (unpaired) electrons. The molecule has 2 unspecified atom stereocenters. The number of allylic oxidation sites excluding steroid dienone is 2. The number of benzene rings is 3. The van der Waals surface area contributed by atoms with E-state index in [0.717, 1.165) is 34.4 Å². The molecule has 0 saturated heterocycles. The lowest BCUT2D eigenvalue weighted by molar-refractivity contribution is 0.0697. The number of rotatable bonds is 5. The smallest absolute Gasteiger partial charge is 0.335 e. The van der Waals surface area contributed by atoms with Gasteiger partial charge in [-0.2, -0.15) is 0 Å². The minimum Gasteiger partial charge on any atom is -0.478 e. The molecule has 34 heavy (non-hydrogen) atoms. The highest BCUT2D eigenvalue weighted by Crippen LogP contribution is 2.50. The molecular weight excluding hydrogens is 448 g/mol. The van der Waals surface area contributed by atoms with Gasteiger partial charge >= 0.3 is 5.97 Å². The van der Waals surface area contributed by atoms with Crippen molar-refractivity contribution in [2.45, 2.75) is 37.1 Å². The first-order valence-corrected chi connectivity index (χ1v) is 12.7. The number of sulfonamides is 1. The summed E-state index contributed by atoms with van der Waals surface area (Å²) in [4.78, 5) is 11.5. The second-order valence-electron chi connectivity index (χ2n) is 9.08. The number of aromatic carboxylic acids is 1. The molecule has 0 aromatic heterocycles. The molecule has 3 N–H and O–H groups in total. The van der Waals surface area contributed by atoms with Gasteiger partial charge in [0.05, 0.1) is 22.2 Å². The van der Waals surface area contributed by atoms with Gasteiger partial charge in [0.25, 0.3) is 10.0 Å². The summed E-state index contributed by atoms with van der Waals surface area (Å²) in [5.41, 5.74) is 5.56. The SMILES string of the molecule is Cc1ccc(C)c(NS(=O)(=O)c2ccc3c(c2)C2C=CCC2[C@@H](c2ccc(C(=O)O)cc2)N3)c1. The van der Waals surface area contributed by atoms with Crippen LogP contribution in [0.15, 0.2) is 77.7 Å². The van der Waals surface area contributed by atoms with E-state index in [0.29, 0.717) is 5.69 Å². The number of hydrogen-bond acceptors (Lipinski definition) is 4. The van der Waals surface area contributed by atoms with Crippen molar-refractivity contribution in [1.29, 1.82) is 0 Å². The zero-order chi connectivity index (χ0) is 24.0. The number of hydrogen-bond donors (Lipinski definition) is 3. The average molecular weight is 475 g/mol. The molecule has 1 aliphatic heterocycles. The Hall–Kier alpha value is -3.58. The predicted molar refractivity (Wildman–Crippen MR) is 133 cm³/mol. The molecule has 3 aromatic rings. The molecular formula is C27H26N2O4S. The number of carboxylic acids is 1. The molecule has 0 spiro atoms. The number of aryl methyl sites for hydroxylation is 2. The minimum absolute atomic E-state index is 0.00544. The van der Waals surface area contributed by atoms with Crippen LogP contribution in [0.1, 0.15) is 51.0 Å². The predicted octanol–water partition coefficient (Wildman–Crippen LogP) is 5.63. The van der Waals surface area contributed by atoms with Crippen molar-refractivity contribution in [3.63, 3.8) is 0 Å². The quantitative estimate of drug-likeness (QED) is 0.417. The third kappa shape index (κ3) is 3.96. The lowest BCUT2D eigenvalue weighted by Gasteiger charge is -2.37. The Morgan fingerprint density at radius 2 is 1.79 bits per heavy atom. The van der Waals surface area contributed by atoms with E-state index in [2.05, 4.69) is 22.2 Å². The van der Waals surface area contributed by atoms with Crippen molar-refractivity contribution >= 4 is 27.4 Å². The van der Waals surface area contributed by atoms with Crippen LogP contribution in [0.2, 0.25) is 0 Å². The molecule has 3 atom stereocenters. The highest BCUT2D eigenvalue weighted by atomic mass is 32.2. The number of anilines is 2. The van der Waals surface area contributed by atoms with Crippen molar-refractivity contribution in [2.75, 3.05) is 10.0 Å². The van der Waals surface area contributed by atoms with Crippen LogP contribution < -0.4 is 10.0 Å². The van der Waals surface area contributed by atoms with Gasteiger partial charge in [0.2, 0.25) is 0 Å². The van der Waals surface area contributed by atoms with E-state index < -0.39 is 16.0 Å². The van der Waals surface area contributed by atoms with E-state index in [1.807, 2.05) is 50.2 Å². The van der Waals surface area contributed by atoms with Gasteiger partial charge in [0.1, 0.15) is 0 Å². The summed E-state index contributed by atoms with van der Waals surface area (Å²) in [5, 5.41) is 12.8. The van der Waals surface area contributed by atoms with E-state index >= 15 is 0 Å². The van der Waals surface area contributed by atoms with Crippen molar-refractivity contribution in [1.82, 2.24) is 0 Å². The van der Waals surface area contributed by atoms with Crippen molar-refractivity contribution in [3.05, 3.63) is 101 Å². The number of fused-ring (bicyclic) bond motifs is 3. The molecule has 1 aliphatic carbocycles. The third-order valence-electron chi connectivity index (χ3n) is 6.80. The van der Waals surface area contributed by atoms with Crippen molar-refractivity contribution in [2.24, 2.45) is 5.92 Å². The molecule has 174 valence electrons. The van der Waals surface area contributed by atoms with Gasteiger partial charge in [-0.15, -0.1) is 0 Å². The van der Waals surface area contributed by atoms with Crippen LogP contribution >= 0.6 is 0 Å². The minimum atomic E-state index is -3.75. The van der Waals surface area contributed by atoms with Crippen LogP contribution in [-0.4, -0.2) is 19.5 Å². The number of nitrogens with one attached hydrogen (secondary N) is 2.